The number of furan rings is 1. The van der Waals surface area contributed by atoms with Crippen molar-refractivity contribution in [2.75, 3.05) is 0 Å². The number of carboxylic acid groups (broad SMARTS) is 1. The van der Waals surface area contributed by atoms with E-state index < -0.39 is 23.9 Å². The van der Waals surface area contributed by atoms with Crippen molar-refractivity contribution in [2.24, 2.45) is 5.73 Å². The Kier molecular flexibility index (Phi) is 5.39. The second-order valence-corrected chi connectivity index (χ2v) is 3.85. The lowest BCUT2D eigenvalue weighted by Gasteiger charge is -2.14. The molecule has 0 unspecified atom stereocenters. The highest BCUT2D eigenvalue weighted by molar-refractivity contribution is 5.83. The molecule has 0 fully saturated rings. The van der Waals surface area contributed by atoms with Crippen LogP contribution in [-0.2, 0) is 16.1 Å². The molecule has 0 bridgehead atoms. The molecule has 5 N–H and O–H groups in total. The van der Waals surface area contributed by atoms with E-state index in [1.807, 2.05) is 0 Å². The molecule has 0 spiro atoms. The first-order chi connectivity index (χ1) is 8.99. The Morgan fingerprint density at radius 2 is 2.16 bits per heavy atom. The molecule has 0 saturated carbocycles. The molecule has 1 aromatic rings. The Morgan fingerprint density at radius 3 is 2.68 bits per heavy atom. The van der Waals surface area contributed by atoms with Gasteiger partial charge in [0.25, 0.3) is 0 Å². The smallest absolute Gasteiger partial charge is 0.326 e. The van der Waals surface area contributed by atoms with E-state index in [-0.39, 0.29) is 19.4 Å². The SMILES string of the molecule is NC(=O)CC[C@H](NC(=O)NCc1ccoc1)C(=O)O. The molecule has 0 aliphatic heterocycles. The minimum Gasteiger partial charge on any atom is -0.480 e. The van der Waals surface area contributed by atoms with Crippen LogP contribution in [0.25, 0.3) is 0 Å². The number of urea groups is 1. The molecule has 104 valence electrons. The number of primary amides is 1. The largest absolute Gasteiger partial charge is 0.480 e. The number of amides is 3. The topological polar surface area (TPSA) is 135 Å². The first-order valence-corrected chi connectivity index (χ1v) is 5.55. The third-order valence-corrected chi connectivity index (χ3v) is 2.32. The summed E-state index contributed by atoms with van der Waals surface area (Å²) in [5.74, 6) is -1.84. The molecule has 0 radical (unpaired) electrons. The molecule has 0 aromatic carbocycles. The molecule has 19 heavy (non-hydrogen) atoms. The maximum absolute atomic E-state index is 11.5. The number of hydrogen-bond acceptors (Lipinski definition) is 4. The van der Waals surface area contributed by atoms with Gasteiger partial charge in [0.2, 0.25) is 5.91 Å². The molecule has 0 aliphatic rings. The fourth-order valence-corrected chi connectivity index (χ4v) is 1.33. The van der Waals surface area contributed by atoms with Crippen molar-refractivity contribution in [2.45, 2.75) is 25.4 Å². The van der Waals surface area contributed by atoms with Crippen LogP contribution in [0.4, 0.5) is 4.79 Å². The summed E-state index contributed by atoms with van der Waals surface area (Å²) in [5, 5.41) is 13.6. The van der Waals surface area contributed by atoms with Crippen LogP contribution < -0.4 is 16.4 Å². The van der Waals surface area contributed by atoms with Crippen LogP contribution in [0.3, 0.4) is 0 Å². The number of nitrogens with one attached hydrogen (secondary N) is 2. The average molecular weight is 269 g/mol. The van der Waals surface area contributed by atoms with Crippen LogP contribution >= 0.6 is 0 Å². The summed E-state index contributed by atoms with van der Waals surface area (Å²) >= 11 is 0. The number of carboxylic acids is 1. The Bertz CT molecular complexity index is 443. The molecule has 1 atom stereocenters. The number of aliphatic carboxylic acids is 1. The minimum atomic E-state index is -1.22. The van der Waals surface area contributed by atoms with Gasteiger partial charge in [-0.25, -0.2) is 9.59 Å². The Hall–Kier alpha value is -2.51. The van der Waals surface area contributed by atoms with Gasteiger partial charge in [0.05, 0.1) is 12.5 Å². The van der Waals surface area contributed by atoms with Crippen molar-refractivity contribution in [3.63, 3.8) is 0 Å². The van der Waals surface area contributed by atoms with Gasteiger partial charge in [-0.15, -0.1) is 0 Å². The number of nitrogens with two attached hydrogens (primary N) is 1. The monoisotopic (exact) mass is 269 g/mol. The highest BCUT2D eigenvalue weighted by atomic mass is 16.4. The summed E-state index contributed by atoms with van der Waals surface area (Å²) in [4.78, 5) is 32.9. The standard InChI is InChI=1S/C11H15N3O5/c12-9(15)2-1-8(10(16)17)14-11(18)13-5-7-3-4-19-6-7/h3-4,6,8H,1-2,5H2,(H2,12,15)(H,16,17)(H2,13,14,18)/t8-/m0/s1. The van der Waals surface area contributed by atoms with E-state index in [2.05, 4.69) is 10.6 Å². The summed E-state index contributed by atoms with van der Waals surface area (Å²) in [5.41, 5.74) is 5.67. The fraction of sp³-hybridized carbons (Fsp3) is 0.364. The van der Waals surface area contributed by atoms with Crippen molar-refractivity contribution in [3.8, 4) is 0 Å². The summed E-state index contributed by atoms with van der Waals surface area (Å²) in [6.45, 7) is 0.213. The molecule has 1 rings (SSSR count). The predicted octanol–water partition coefficient (Wildman–Crippen LogP) is -0.202. The van der Waals surface area contributed by atoms with Crippen LogP contribution in [0.15, 0.2) is 23.0 Å². The maximum Gasteiger partial charge on any atom is 0.326 e. The number of carbonyl (C=O) groups excluding carboxylic acids is 2. The van der Waals surface area contributed by atoms with Gasteiger partial charge in [0.1, 0.15) is 6.04 Å². The fourth-order valence-electron chi connectivity index (χ4n) is 1.33. The van der Waals surface area contributed by atoms with Crippen molar-refractivity contribution in [1.82, 2.24) is 10.6 Å². The predicted molar refractivity (Wildman–Crippen MR) is 63.9 cm³/mol. The van der Waals surface area contributed by atoms with E-state index in [1.54, 1.807) is 6.07 Å². The molecule has 3 amide bonds. The van der Waals surface area contributed by atoms with E-state index in [0.29, 0.717) is 0 Å². The summed E-state index contributed by atoms with van der Waals surface area (Å²) in [6, 6.07) is -0.128. The highest BCUT2D eigenvalue weighted by Gasteiger charge is 2.20. The lowest BCUT2D eigenvalue weighted by molar-refractivity contribution is -0.139. The molecule has 0 saturated heterocycles. The van der Waals surface area contributed by atoms with Gasteiger partial charge in [-0.1, -0.05) is 0 Å². The van der Waals surface area contributed by atoms with Gasteiger partial charge in [0.15, 0.2) is 0 Å². The number of hydrogen-bond donors (Lipinski definition) is 4. The van der Waals surface area contributed by atoms with Crippen LogP contribution in [-0.4, -0.2) is 29.1 Å². The molecule has 1 aromatic heterocycles. The normalized spacial score (nSPS) is 11.6. The van der Waals surface area contributed by atoms with Crippen molar-refractivity contribution >= 4 is 17.9 Å². The van der Waals surface area contributed by atoms with Gasteiger partial charge in [-0.3, -0.25) is 4.79 Å². The molecule has 0 aliphatic carbocycles. The summed E-state index contributed by atoms with van der Waals surface area (Å²) in [7, 11) is 0. The van der Waals surface area contributed by atoms with Gasteiger partial charge in [-0.2, -0.15) is 0 Å². The molecular formula is C11H15N3O5. The third kappa shape index (κ3) is 5.57. The molecule has 8 heteroatoms. The zero-order chi connectivity index (χ0) is 14.3. The molecule has 8 nitrogen and oxygen atoms in total. The van der Waals surface area contributed by atoms with Crippen molar-refractivity contribution in [1.29, 1.82) is 0 Å². The number of rotatable bonds is 7. The van der Waals surface area contributed by atoms with Crippen LogP contribution in [0.1, 0.15) is 18.4 Å². The third-order valence-electron chi connectivity index (χ3n) is 2.32. The van der Waals surface area contributed by atoms with Gasteiger partial charge >= 0.3 is 12.0 Å². The van der Waals surface area contributed by atoms with Gasteiger partial charge in [-0.05, 0) is 12.5 Å². The zero-order valence-corrected chi connectivity index (χ0v) is 10.1. The van der Waals surface area contributed by atoms with E-state index >= 15 is 0 Å². The van der Waals surface area contributed by atoms with E-state index in [1.165, 1.54) is 12.5 Å². The van der Waals surface area contributed by atoms with Crippen LogP contribution in [0, 0.1) is 0 Å². The van der Waals surface area contributed by atoms with Crippen LogP contribution in [0.2, 0.25) is 0 Å². The van der Waals surface area contributed by atoms with Gasteiger partial charge < -0.3 is 25.9 Å². The van der Waals surface area contributed by atoms with E-state index in [4.69, 9.17) is 15.3 Å². The maximum atomic E-state index is 11.5. The van der Waals surface area contributed by atoms with Crippen molar-refractivity contribution in [3.05, 3.63) is 24.2 Å². The first-order valence-electron chi connectivity index (χ1n) is 5.55. The lowest BCUT2D eigenvalue weighted by atomic mass is 10.1. The summed E-state index contributed by atoms with van der Waals surface area (Å²) < 4.78 is 4.81. The minimum absolute atomic E-state index is 0.0518. The molecule has 1 heterocycles. The molecular weight excluding hydrogens is 254 g/mol. The zero-order valence-electron chi connectivity index (χ0n) is 10.1. The van der Waals surface area contributed by atoms with Crippen LogP contribution in [0.5, 0.6) is 0 Å². The lowest BCUT2D eigenvalue weighted by Crippen LogP contribution is -2.46. The quantitative estimate of drug-likeness (QED) is 0.543. The second-order valence-electron chi connectivity index (χ2n) is 3.85. The highest BCUT2D eigenvalue weighted by Crippen LogP contribution is 2.00. The Morgan fingerprint density at radius 1 is 1.42 bits per heavy atom. The Balaban J connectivity index is 2.38. The van der Waals surface area contributed by atoms with E-state index in [0.717, 1.165) is 5.56 Å². The summed E-state index contributed by atoms with van der Waals surface area (Å²) in [6.07, 6.45) is 2.76. The van der Waals surface area contributed by atoms with Crippen molar-refractivity contribution < 1.29 is 23.9 Å². The first kappa shape index (κ1) is 14.6. The van der Waals surface area contributed by atoms with E-state index in [9.17, 15) is 14.4 Å². The average Bonchev–Trinajstić information content (AvgIpc) is 2.84. The second kappa shape index (κ2) is 7.04. The number of carbonyl (C=O) groups is 3. The Labute approximate surface area is 108 Å². The van der Waals surface area contributed by atoms with Gasteiger partial charge in [0, 0.05) is 18.5 Å².